The molecule has 41 heavy (non-hydrogen) atoms. The largest absolute Gasteiger partial charge is 0.446 e. The number of amides is 4. The highest BCUT2D eigenvalue weighted by Gasteiger charge is 2.62. The number of ether oxygens (including phenoxy) is 1. The molecule has 5 rings (SSSR count). The van der Waals surface area contributed by atoms with E-state index in [4.69, 9.17) is 4.74 Å². The lowest BCUT2D eigenvalue weighted by atomic mass is 9.93. The summed E-state index contributed by atoms with van der Waals surface area (Å²) < 4.78 is 46.7. The van der Waals surface area contributed by atoms with Crippen LogP contribution in [-0.4, -0.2) is 67.6 Å². The number of carbonyl (C=O) groups is 4. The van der Waals surface area contributed by atoms with E-state index in [-0.39, 0.29) is 36.8 Å². The van der Waals surface area contributed by atoms with E-state index in [1.54, 1.807) is 18.0 Å². The van der Waals surface area contributed by atoms with Gasteiger partial charge in [-0.25, -0.2) is 17.6 Å². The van der Waals surface area contributed by atoms with Gasteiger partial charge in [-0.1, -0.05) is 24.3 Å². The average molecular weight is 591 g/mol. The van der Waals surface area contributed by atoms with Crippen LogP contribution in [0.1, 0.15) is 51.4 Å². The van der Waals surface area contributed by atoms with Gasteiger partial charge >= 0.3 is 6.09 Å². The van der Waals surface area contributed by atoms with Crippen LogP contribution in [0.2, 0.25) is 0 Å². The number of halogens is 1. The summed E-state index contributed by atoms with van der Waals surface area (Å²) in [7, 11) is -2.18. The average Bonchev–Trinajstić information content (AvgIpc) is 3.84. The molecule has 4 aliphatic rings. The molecule has 5 atom stereocenters. The number of rotatable bonds is 5. The van der Waals surface area contributed by atoms with Crippen molar-refractivity contribution in [2.75, 3.05) is 18.9 Å². The molecule has 11 nitrogen and oxygen atoms in total. The first-order valence-corrected chi connectivity index (χ1v) is 15.6. The second kappa shape index (κ2) is 11.4. The fourth-order valence-electron chi connectivity index (χ4n) is 5.74. The highest BCUT2D eigenvalue weighted by Crippen LogP contribution is 2.47. The Bertz CT molecular complexity index is 1360. The molecule has 0 radical (unpaired) electrons. The Balaban J connectivity index is 1.35. The predicted octanol–water partition coefficient (Wildman–Crippen LogP) is 2.45. The molecular formula is C28H35FN4O7S. The lowest BCUT2D eigenvalue weighted by Crippen LogP contribution is -2.54. The Morgan fingerprint density at radius 3 is 2.59 bits per heavy atom. The number of carbonyl (C=O) groups excluding carboxylic acids is 4. The molecule has 3 aliphatic carbocycles. The monoisotopic (exact) mass is 590 g/mol. The molecule has 1 aromatic rings. The molecule has 5 unspecified atom stereocenters. The van der Waals surface area contributed by atoms with E-state index in [9.17, 15) is 32.0 Å². The van der Waals surface area contributed by atoms with Crippen molar-refractivity contribution in [3.05, 3.63) is 42.2 Å². The molecule has 13 heteroatoms. The maximum atomic E-state index is 14.0. The van der Waals surface area contributed by atoms with Crippen molar-refractivity contribution in [1.82, 2.24) is 14.9 Å². The van der Waals surface area contributed by atoms with Crippen molar-refractivity contribution >= 4 is 39.5 Å². The van der Waals surface area contributed by atoms with E-state index in [0.29, 0.717) is 25.8 Å². The summed E-state index contributed by atoms with van der Waals surface area (Å²) >= 11 is 0. The van der Waals surface area contributed by atoms with Crippen LogP contribution in [0, 0.1) is 23.6 Å². The van der Waals surface area contributed by atoms with Crippen molar-refractivity contribution in [3.63, 3.8) is 0 Å². The molecule has 1 heterocycles. The van der Waals surface area contributed by atoms with Crippen LogP contribution < -0.4 is 15.4 Å². The standard InChI is InChI=1S/C28H35FN4O7S/c1-33-13-7-3-2-4-8-17-16-28(17,26(36)32-41(38,39)19-11-12-19)31-24(34)20-14-18(15-21(20)25(33)35)40-27(37)30-23-10-6-5-9-22(23)29/h4-6,8-10,17-21H,2-3,7,11-16H2,1H3,(H,30,37)(H,31,34)(H,32,36)/b8-4+. The third-order valence-electron chi connectivity index (χ3n) is 8.38. The lowest BCUT2D eigenvalue weighted by Gasteiger charge is -2.26. The number of hydrogen-bond donors (Lipinski definition) is 3. The van der Waals surface area contributed by atoms with E-state index in [2.05, 4.69) is 15.4 Å². The second-order valence-electron chi connectivity index (χ2n) is 11.4. The first kappa shape index (κ1) is 29.0. The molecule has 4 amide bonds. The Morgan fingerprint density at radius 1 is 1.12 bits per heavy atom. The number of benzene rings is 1. The number of sulfonamides is 1. The summed E-state index contributed by atoms with van der Waals surface area (Å²) in [6.07, 6.45) is 5.57. The number of fused-ring (bicyclic) bond motifs is 2. The Kier molecular flexibility index (Phi) is 8.09. The van der Waals surface area contributed by atoms with Crippen LogP contribution in [0.4, 0.5) is 14.9 Å². The molecule has 0 bridgehead atoms. The van der Waals surface area contributed by atoms with Gasteiger partial charge in [-0.15, -0.1) is 0 Å². The van der Waals surface area contributed by atoms with E-state index in [1.807, 2.05) is 12.2 Å². The Hall–Kier alpha value is -3.48. The zero-order valence-electron chi connectivity index (χ0n) is 22.8. The highest BCUT2D eigenvalue weighted by atomic mass is 32.2. The minimum absolute atomic E-state index is 0.0132. The van der Waals surface area contributed by atoms with Gasteiger partial charge in [-0.3, -0.25) is 24.4 Å². The molecule has 222 valence electrons. The molecule has 1 aliphatic heterocycles. The summed E-state index contributed by atoms with van der Waals surface area (Å²) in [6, 6.07) is 5.60. The van der Waals surface area contributed by atoms with Crippen molar-refractivity contribution < 1.29 is 36.7 Å². The number of para-hydroxylation sites is 1. The highest BCUT2D eigenvalue weighted by molar-refractivity contribution is 7.91. The third kappa shape index (κ3) is 6.39. The van der Waals surface area contributed by atoms with E-state index < -0.39 is 62.5 Å². The summed E-state index contributed by atoms with van der Waals surface area (Å²) in [5.74, 6) is -4.41. The maximum absolute atomic E-state index is 14.0. The third-order valence-corrected chi connectivity index (χ3v) is 10.2. The van der Waals surface area contributed by atoms with E-state index in [0.717, 1.165) is 12.8 Å². The van der Waals surface area contributed by atoms with Crippen LogP contribution in [0.3, 0.4) is 0 Å². The van der Waals surface area contributed by atoms with Gasteiger partial charge in [0.2, 0.25) is 21.8 Å². The minimum Gasteiger partial charge on any atom is -0.446 e. The molecule has 0 aromatic heterocycles. The van der Waals surface area contributed by atoms with Crippen LogP contribution in [0.25, 0.3) is 0 Å². The minimum atomic E-state index is -3.84. The van der Waals surface area contributed by atoms with Gasteiger partial charge in [-0.05, 0) is 63.5 Å². The van der Waals surface area contributed by atoms with Gasteiger partial charge in [0, 0.05) is 19.5 Å². The Morgan fingerprint density at radius 2 is 1.85 bits per heavy atom. The van der Waals surface area contributed by atoms with Gasteiger partial charge < -0.3 is 15.0 Å². The number of anilines is 1. The first-order valence-electron chi connectivity index (χ1n) is 14.0. The quantitative estimate of drug-likeness (QED) is 0.446. The summed E-state index contributed by atoms with van der Waals surface area (Å²) in [5.41, 5.74) is -1.51. The van der Waals surface area contributed by atoms with E-state index in [1.165, 1.54) is 18.2 Å². The van der Waals surface area contributed by atoms with Gasteiger partial charge in [0.15, 0.2) is 0 Å². The first-order chi connectivity index (χ1) is 19.5. The van der Waals surface area contributed by atoms with Crippen LogP contribution in [0.5, 0.6) is 0 Å². The molecule has 3 saturated carbocycles. The van der Waals surface area contributed by atoms with Crippen LogP contribution >= 0.6 is 0 Å². The molecule has 1 aromatic carbocycles. The van der Waals surface area contributed by atoms with Crippen molar-refractivity contribution in [3.8, 4) is 0 Å². The number of nitrogens with one attached hydrogen (secondary N) is 3. The van der Waals surface area contributed by atoms with Crippen LogP contribution in [0.15, 0.2) is 36.4 Å². The van der Waals surface area contributed by atoms with Crippen molar-refractivity contribution in [2.24, 2.45) is 17.8 Å². The van der Waals surface area contributed by atoms with Gasteiger partial charge in [0.25, 0.3) is 5.91 Å². The van der Waals surface area contributed by atoms with Gasteiger partial charge in [0.1, 0.15) is 17.5 Å². The number of nitrogens with zero attached hydrogens (tertiary/aromatic N) is 1. The fourth-order valence-corrected chi connectivity index (χ4v) is 7.11. The number of allylic oxidation sites excluding steroid dienone is 1. The predicted molar refractivity (Wildman–Crippen MR) is 146 cm³/mol. The van der Waals surface area contributed by atoms with Gasteiger partial charge in [0.05, 0.1) is 22.8 Å². The summed E-state index contributed by atoms with van der Waals surface area (Å²) in [6.45, 7) is 0.492. The smallest absolute Gasteiger partial charge is 0.411 e. The zero-order chi connectivity index (χ0) is 29.4. The van der Waals surface area contributed by atoms with E-state index >= 15 is 0 Å². The van der Waals surface area contributed by atoms with Crippen molar-refractivity contribution in [2.45, 2.75) is 68.3 Å². The molecule has 0 spiro atoms. The zero-order valence-corrected chi connectivity index (χ0v) is 23.6. The lowest BCUT2D eigenvalue weighted by molar-refractivity contribution is -0.140. The maximum Gasteiger partial charge on any atom is 0.411 e. The van der Waals surface area contributed by atoms with Crippen molar-refractivity contribution in [1.29, 1.82) is 0 Å². The molecule has 3 fully saturated rings. The molecular weight excluding hydrogens is 555 g/mol. The second-order valence-corrected chi connectivity index (χ2v) is 13.4. The summed E-state index contributed by atoms with van der Waals surface area (Å²) in [4.78, 5) is 54.6. The number of hydrogen-bond acceptors (Lipinski definition) is 7. The van der Waals surface area contributed by atoms with Crippen LogP contribution in [-0.2, 0) is 29.1 Å². The fraction of sp³-hybridized carbons (Fsp3) is 0.571. The Labute approximate surface area is 238 Å². The molecule has 0 saturated heterocycles. The topological polar surface area (TPSA) is 151 Å². The molecule has 3 N–H and O–H groups in total. The van der Waals surface area contributed by atoms with Gasteiger partial charge in [-0.2, -0.15) is 0 Å². The SMILES string of the molecule is CN1CCCC/C=C/C2CC2(C(=O)NS(=O)(=O)C2CC2)NC(=O)C2CC(OC(=O)Nc3ccccc3F)CC2C1=O. The normalized spacial score (nSPS) is 31.1. The summed E-state index contributed by atoms with van der Waals surface area (Å²) in [5, 5.41) is 4.53.